The van der Waals surface area contributed by atoms with Gasteiger partial charge in [-0.15, -0.1) is 0 Å². The van der Waals surface area contributed by atoms with Gasteiger partial charge in [0.1, 0.15) is 11.2 Å². The molecule has 1 aliphatic carbocycles. The Kier molecular flexibility index (Phi) is 8.53. The minimum atomic E-state index is -4.38. The number of carbonyl (C=O) groups excluding carboxylic acids is 2. The van der Waals surface area contributed by atoms with E-state index in [1.165, 1.54) is 18.2 Å². The molecule has 2 unspecified atom stereocenters. The van der Waals surface area contributed by atoms with Gasteiger partial charge in [0.05, 0.1) is 17.5 Å². The fourth-order valence-electron chi connectivity index (χ4n) is 5.66. The van der Waals surface area contributed by atoms with E-state index in [0.717, 1.165) is 36.6 Å². The monoisotopic (exact) mass is 580 g/mol. The van der Waals surface area contributed by atoms with Gasteiger partial charge >= 0.3 is 11.9 Å². The summed E-state index contributed by atoms with van der Waals surface area (Å²) in [4.78, 5) is 26.8. The van der Waals surface area contributed by atoms with Crippen LogP contribution in [-0.2, 0) is 24.3 Å². The van der Waals surface area contributed by atoms with Crippen molar-refractivity contribution in [2.24, 2.45) is 11.7 Å². The fourth-order valence-corrected chi connectivity index (χ4v) is 6.96. The van der Waals surface area contributed by atoms with Gasteiger partial charge in [-0.2, -0.15) is 4.72 Å². The zero-order valence-corrected chi connectivity index (χ0v) is 23.4. The second-order valence-corrected chi connectivity index (χ2v) is 12.3. The quantitative estimate of drug-likeness (QED) is 0.101. The predicted octanol–water partition coefficient (Wildman–Crippen LogP) is 5.70. The molecule has 8 nitrogen and oxygen atoms in total. The van der Waals surface area contributed by atoms with Gasteiger partial charge in [0.2, 0.25) is 10.0 Å². The van der Waals surface area contributed by atoms with Crippen LogP contribution in [0.4, 0.5) is 4.39 Å². The number of sulfonamides is 1. The zero-order valence-electron chi connectivity index (χ0n) is 22.6. The highest BCUT2D eigenvalue weighted by atomic mass is 32.2. The Morgan fingerprint density at radius 1 is 0.976 bits per heavy atom. The Hall–Kier alpha value is -3.60. The normalized spacial score (nSPS) is 16.5. The van der Waals surface area contributed by atoms with Crippen LogP contribution in [0.3, 0.4) is 0 Å². The molecule has 1 fully saturated rings. The first kappa shape index (κ1) is 28.9. The third-order valence-corrected chi connectivity index (χ3v) is 9.28. The highest BCUT2D eigenvalue weighted by molar-refractivity contribution is 7.89. The number of hydrogen-bond donors (Lipinski definition) is 2. The van der Waals surface area contributed by atoms with Crippen molar-refractivity contribution in [1.29, 1.82) is 0 Å². The van der Waals surface area contributed by atoms with Crippen LogP contribution in [0.2, 0.25) is 0 Å². The van der Waals surface area contributed by atoms with Crippen molar-refractivity contribution in [1.82, 2.24) is 4.72 Å². The number of para-hydroxylation sites is 1. The summed E-state index contributed by atoms with van der Waals surface area (Å²) < 4.78 is 53.4. The Balaban J connectivity index is 1.42. The molecule has 0 amide bonds. The molecule has 0 aliphatic heterocycles. The van der Waals surface area contributed by atoms with Crippen molar-refractivity contribution in [2.75, 3.05) is 6.67 Å². The largest absolute Gasteiger partial charge is 0.456 e. The van der Waals surface area contributed by atoms with Gasteiger partial charge in [-0.3, -0.25) is 9.18 Å². The number of benzene rings is 3. The molecule has 0 saturated heterocycles. The summed E-state index contributed by atoms with van der Waals surface area (Å²) >= 11 is 0. The van der Waals surface area contributed by atoms with Crippen LogP contribution in [0, 0.1) is 5.92 Å². The Labute approximate surface area is 238 Å². The number of rotatable bonds is 11. The highest BCUT2D eigenvalue weighted by Crippen LogP contribution is 2.38. The molecule has 0 spiro atoms. The SMILES string of the molecule is NC(CCCCF)(NS(=O)(=O)c1ccc2oc3ccccc3c2c1)C(=O)OC(=O)C(c1ccccc1)C1CCCC1. The van der Waals surface area contributed by atoms with Gasteiger partial charge in [0.15, 0.2) is 5.66 Å². The minimum Gasteiger partial charge on any atom is -0.456 e. The molecule has 4 aromatic rings. The summed E-state index contributed by atoms with van der Waals surface area (Å²) in [6.07, 6.45) is 3.44. The summed E-state index contributed by atoms with van der Waals surface area (Å²) in [5.74, 6) is -2.70. The molecule has 1 aromatic heterocycles. The summed E-state index contributed by atoms with van der Waals surface area (Å²) in [5.41, 5.74) is 5.89. The van der Waals surface area contributed by atoms with Gasteiger partial charge in [0, 0.05) is 10.8 Å². The molecule has 5 rings (SSSR count). The molecule has 10 heteroatoms. The van der Waals surface area contributed by atoms with Crippen LogP contribution in [0.25, 0.3) is 21.9 Å². The maximum Gasteiger partial charge on any atom is 0.349 e. The Morgan fingerprint density at radius 3 is 2.39 bits per heavy atom. The summed E-state index contributed by atoms with van der Waals surface area (Å²) in [7, 11) is -4.38. The van der Waals surface area contributed by atoms with Gasteiger partial charge < -0.3 is 14.9 Å². The molecule has 41 heavy (non-hydrogen) atoms. The first-order valence-corrected chi connectivity index (χ1v) is 15.3. The van der Waals surface area contributed by atoms with Gasteiger partial charge in [-0.25, -0.2) is 13.2 Å². The van der Waals surface area contributed by atoms with Gasteiger partial charge in [-0.05, 0) is 67.9 Å². The molecular weight excluding hydrogens is 547 g/mol. The van der Waals surface area contributed by atoms with Gasteiger partial charge in [-0.1, -0.05) is 61.4 Å². The fraction of sp³-hybridized carbons (Fsp3) is 0.355. The van der Waals surface area contributed by atoms with E-state index in [4.69, 9.17) is 14.9 Å². The second kappa shape index (κ2) is 12.1. The number of furan rings is 1. The molecule has 1 heterocycles. The molecule has 0 radical (unpaired) electrons. The Morgan fingerprint density at radius 2 is 1.66 bits per heavy atom. The number of alkyl halides is 1. The van der Waals surface area contributed by atoms with E-state index in [-0.39, 0.29) is 30.1 Å². The number of nitrogens with two attached hydrogens (primary N) is 1. The molecule has 216 valence electrons. The van der Waals surface area contributed by atoms with E-state index in [1.807, 2.05) is 48.5 Å². The van der Waals surface area contributed by atoms with Crippen LogP contribution in [0.15, 0.2) is 82.1 Å². The number of nitrogens with one attached hydrogen (secondary N) is 1. The molecule has 3 aromatic carbocycles. The molecule has 3 N–H and O–H groups in total. The first-order valence-electron chi connectivity index (χ1n) is 13.8. The molecule has 0 bridgehead atoms. The molecule has 1 aliphatic rings. The van der Waals surface area contributed by atoms with Crippen LogP contribution >= 0.6 is 0 Å². The third-order valence-electron chi connectivity index (χ3n) is 7.77. The Bertz CT molecular complexity index is 1650. The number of carbonyl (C=O) groups is 2. The van der Waals surface area contributed by atoms with E-state index in [2.05, 4.69) is 4.72 Å². The lowest BCUT2D eigenvalue weighted by molar-refractivity contribution is -0.166. The standard InChI is InChI=1S/C31H33FN2O6S/c32-19-9-8-18-31(33,30(36)40-29(35)28(22-12-4-5-13-22)21-10-2-1-3-11-21)34-41(37,38)23-16-17-27-25(20-23)24-14-6-7-15-26(24)39-27/h1-3,6-7,10-11,14-17,20,22,28,34H,4-5,8-9,12-13,18-19,33H2. The minimum absolute atomic E-state index is 0.00962. The number of esters is 2. The maximum absolute atomic E-state index is 13.5. The smallest absolute Gasteiger partial charge is 0.349 e. The van der Waals surface area contributed by atoms with Crippen molar-refractivity contribution < 1.29 is 31.6 Å². The predicted molar refractivity (Wildman–Crippen MR) is 153 cm³/mol. The lowest BCUT2D eigenvalue weighted by atomic mass is 9.85. The van der Waals surface area contributed by atoms with Crippen LogP contribution < -0.4 is 10.5 Å². The number of unbranched alkanes of at least 4 members (excludes halogenated alkanes) is 1. The lowest BCUT2D eigenvalue weighted by Gasteiger charge is -2.29. The first-order chi connectivity index (χ1) is 19.7. The summed E-state index contributed by atoms with van der Waals surface area (Å²) in [6.45, 7) is -0.668. The van der Waals surface area contributed by atoms with Crippen molar-refractivity contribution in [3.05, 3.63) is 78.4 Å². The van der Waals surface area contributed by atoms with Crippen molar-refractivity contribution in [3.8, 4) is 0 Å². The van der Waals surface area contributed by atoms with Gasteiger partial charge in [0.25, 0.3) is 0 Å². The van der Waals surface area contributed by atoms with Crippen molar-refractivity contribution in [2.45, 2.75) is 61.4 Å². The van der Waals surface area contributed by atoms with E-state index >= 15 is 0 Å². The second-order valence-electron chi connectivity index (χ2n) is 10.6. The number of ether oxygens (including phenoxy) is 1. The average molecular weight is 581 g/mol. The average Bonchev–Trinajstić information content (AvgIpc) is 3.61. The summed E-state index contributed by atoms with van der Waals surface area (Å²) in [6, 6.07) is 20.6. The highest BCUT2D eigenvalue weighted by Gasteiger charge is 2.43. The maximum atomic E-state index is 13.5. The molecule has 1 saturated carbocycles. The van der Waals surface area contributed by atoms with Crippen molar-refractivity contribution in [3.63, 3.8) is 0 Å². The zero-order chi connectivity index (χ0) is 29.0. The van der Waals surface area contributed by atoms with E-state index in [0.29, 0.717) is 16.6 Å². The topological polar surface area (TPSA) is 129 Å². The van der Waals surface area contributed by atoms with E-state index in [1.54, 1.807) is 6.07 Å². The van der Waals surface area contributed by atoms with Crippen molar-refractivity contribution >= 4 is 43.9 Å². The number of halogens is 1. The van der Waals surface area contributed by atoms with Crippen LogP contribution in [-0.4, -0.2) is 32.7 Å². The van der Waals surface area contributed by atoms with E-state index in [9.17, 15) is 22.4 Å². The number of fused-ring (bicyclic) bond motifs is 3. The summed E-state index contributed by atoms with van der Waals surface area (Å²) in [5, 5.41) is 1.30. The van der Waals surface area contributed by atoms with Crippen LogP contribution in [0.5, 0.6) is 0 Å². The molecular formula is C31H33FN2O6S. The van der Waals surface area contributed by atoms with E-state index < -0.39 is 40.2 Å². The third kappa shape index (κ3) is 6.19. The molecule has 2 atom stereocenters. The number of hydrogen-bond acceptors (Lipinski definition) is 7. The van der Waals surface area contributed by atoms with Crippen LogP contribution in [0.1, 0.15) is 56.4 Å². The lowest BCUT2D eigenvalue weighted by Crippen LogP contribution is -2.62.